The van der Waals surface area contributed by atoms with Gasteiger partial charge in [0.25, 0.3) is 0 Å². The lowest BCUT2D eigenvalue weighted by atomic mass is 10.1. The quantitative estimate of drug-likeness (QED) is 0.654. The van der Waals surface area contributed by atoms with Crippen LogP contribution in [0, 0.1) is 19.8 Å². The molecular formula is C18H24N4S. The summed E-state index contributed by atoms with van der Waals surface area (Å²) >= 11 is 1.74. The first kappa shape index (κ1) is 16.0. The van der Waals surface area contributed by atoms with Gasteiger partial charge in [-0.2, -0.15) is 0 Å². The molecule has 23 heavy (non-hydrogen) atoms. The van der Waals surface area contributed by atoms with E-state index in [0.29, 0.717) is 11.8 Å². The number of guanidine groups is 1. The summed E-state index contributed by atoms with van der Waals surface area (Å²) in [7, 11) is 1.81. The van der Waals surface area contributed by atoms with E-state index >= 15 is 0 Å². The number of aryl methyl sites for hydroxylation is 2. The number of nitrogens with one attached hydrogen (secondary N) is 2. The lowest BCUT2D eigenvalue weighted by Crippen LogP contribution is -2.38. The number of hydrogen-bond acceptors (Lipinski definition) is 3. The zero-order chi connectivity index (χ0) is 16.2. The van der Waals surface area contributed by atoms with Gasteiger partial charge in [0.15, 0.2) is 5.96 Å². The molecule has 1 aromatic carbocycles. The lowest BCUT2D eigenvalue weighted by molar-refractivity contribution is 0.718. The van der Waals surface area contributed by atoms with Crippen LogP contribution >= 0.6 is 11.3 Å². The van der Waals surface area contributed by atoms with Crippen molar-refractivity contribution in [1.82, 2.24) is 15.6 Å². The van der Waals surface area contributed by atoms with Crippen molar-refractivity contribution in [3.05, 3.63) is 51.5 Å². The highest BCUT2D eigenvalue weighted by atomic mass is 32.1. The summed E-state index contributed by atoms with van der Waals surface area (Å²) in [6.07, 6.45) is 1.26. The Labute approximate surface area is 142 Å². The average molecular weight is 328 g/mol. The standard InChI is InChI=1S/C18H24N4S/c1-12-13(2)23-17(22-12)11-21-18(19-3)20-10-15-9-16(15)14-7-5-4-6-8-14/h4-8,15-16H,9-11H2,1-3H3,(H2,19,20,21). The number of aliphatic imine (C=N–C) groups is 1. The van der Waals surface area contributed by atoms with E-state index < -0.39 is 0 Å². The van der Waals surface area contributed by atoms with Crippen LogP contribution in [-0.4, -0.2) is 24.5 Å². The Kier molecular flexibility index (Phi) is 4.96. The molecule has 0 aliphatic heterocycles. The van der Waals surface area contributed by atoms with Gasteiger partial charge in [-0.05, 0) is 37.7 Å². The van der Waals surface area contributed by atoms with E-state index in [0.717, 1.165) is 29.8 Å². The maximum absolute atomic E-state index is 4.55. The largest absolute Gasteiger partial charge is 0.356 e. The van der Waals surface area contributed by atoms with E-state index in [-0.39, 0.29) is 0 Å². The third-order valence-electron chi connectivity index (χ3n) is 4.39. The van der Waals surface area contributed by atoms with E-state index in [4.69, 9.17) is 0 Å². The van der Waals surface area contributed by atoms with Crippen LogP contribution in [0.3, 0.4) is 0 Å². The summed E-state index contributed by atoms with van der Waals surface area (Å²) in [5.41, 5.74) is 2.58. The second-order valence-corrected chi connectivity index (χ2v) is 7.36. The smallest absolute Gasteiger partial charge is 0.191 e. The molecule has 2 N–H and O–H groups in total. The Morgan fingerprint density at radius 2 is 2.04 bits per heavy atom. The number of rotatable bonds is 5. The van der Waals surface area contributed by atoms with Gasteiger partial charge >= 0.3 is 0 Å². The number of hydrogen-bond donors (Lipinski definition) is 2. The molecule has 122 valence electrons. The van der Waals surface area contributed by atoms with Crippen LogP contribution in [0.25, 0.3) is 0 Å². The van der Waals surface area contributed by atoms with Gasteiger partial charge in [0.1, 0.15) is 5.01 Å². The molecule has 0 amide bonds. The van der Waals surface area contributed by atoms with Gasteiger partial charge in [-0.25, -0.2) is 4.98 Å². The number of thiazole rings is 1. The molecule has 1 fully saturated rings. The molecule has 4 nitrogen and oxygen atoms in total. The molecule has 1 saturated carbocycles. The molecular weight excluding hydrogens is 304 g/mol. The van der Waals surface area contributed by atoms with Crippen LogP contribution in [0.4, 0.5) is 0 Å². The van der Waals surface area contributed by atoms with Crippen LogP contribution in [0.5, 0.6) is 0 Å². The van der Waals surface area contributed by atoms with Crippen LogP contribution < -0.4 is 10.6 Å². The first-order valence-electron chi connectivity index (χ1n) is 8.09. The van der Waals surface area contributed by atoms with E-state index in [1.165, 1.54) is 16.9 Å². The second-order valence-electron chi connectivity index (χ2n) is 6.07. The van der Waals surface area contributed by atoms with Crippen molar-refractivity contribution < 1.29 is 0 Å². The fourth-order valence-corrected chi connectivity index (χ4v) is 3.68. The maximum Gasteiger partial charge on any atom is 0.191 e. The zero-order valence-electron chi connectivity index (χ0n) is 14.0. The summed E-state index contributed by atoms with van der Waals surface area (Å²) in [5.74, 6) is 2.26. The number of nitrogens with zero attached hydrogens (tertiary/aromatic N) is 2. The Hall–Kier alpha value is -1.88. The Morgan fingerprint density at radius 1 is 1.26 bits per heavy atom. The van der Waals surface area contributed by atoms with E-state index in [9.17, 15) is 0 Å². The molecule has 0 bridgehead atoms. The zero-order valence-corrected chi connectivity index (χ0v) is 14.8. The molecule has 1 aliphatic rings. The minimum atomic E-state index is 0.700. The predicted octanol–water partition coefficient (Wildman–Crippen LogP) is 3.23. The van der Waals surface area contributed by atoms with Crippen LogP contribution in [-0.2, 0) is 6.54 Å². The minimum Gasteiger partial charge on any atom is -0.356 e. The van der Waals surface area contributed by atoms with Crippen molar-refractivity contribution in [2.45, 2.75) is 32.7 Å². The van der Waals surface area contributed by atoms with Crippen molar-refractivity contribution in [3.63, 3.8) is 0 Å². The van der Waals surface area contributed by atoms with Crippen LogP contribution in [0.2, 0.25) is 0 Å². The van der Waals surface area contributed by atoms with Crippen molar-refractivity contribution >= 4 is 17.3 Å². The molecule has 2 atom stereocenters. The number of benzene rings is 1. The first-order chi connectivity index (χ1) is 11.2. The molecule has 0 spiro atoms. The van der Waals surface area contributed by atoms with Gasteiger partial charge in [-0.1, -0.05) is 30.3 Å². The Bertz CT molecular complexity index is 658. The molecule has 3 rings (SSSR count). The Morgan fingerprint density at radius 3 is 2.70 bits per heavy atom. The van der Waals surface area contributed by atoms with Crippen LogP contribution in [0.1, 0.15) is 33.5 Å². The van der Waals surface area contributed by atoms with Gasteiger partial charge in [-0.15, -0.1) is 11.3 Å². The second kappa shape index (κ2) is 7.13. The SMILES string of the molecule is CN=C(NCc1nc(C)c(C)s1)NCC1CC1c1ccccc1. The lowest BCUT2D eigenvalue weighted by Gasteiger charge is -2.10. The summed E-state index contributed by atoms with van der Waals surface area (Å²) in [6, 6.07) is 10.8. The summed E-state index contributed by atoms with van der Waals surface area (Å²) < 4.78 is 0. The third-order valence-corrected chi connectivity index (χ3v) is 5.46. The van der Waals surface area contributed by atoms with E-state index in [2.05, 4.69) is 64.8 Å². The van der Waals surface area contributed by atoms with Crippen LogP contribution in [0.15, 0.2) is 35.3 Å². The highest BCUT2D eigenvalue weighted by molar-refractivity contribution is 7.11. The predicted molar refractivity (Wildman–Crippen MR) is 97.1 cm³/mol. The van der Waals surface area contributed by atoms with Gasteiger partial charge in [0.2, 0.25) is 0 Å². The number of aromatic nitrogens is 1. The minimum absolute atomic E-state index is 0.700. The summed E-state index contributed by atoms with van der Waals surface area (Å²) in [4.78, 5) is 10.1. The molecule has 2 aromatic rings. The van der Waals surface area contributed by atoms with Crippen molar-refractivity contribution in [3.8, 4) is 0 Å². The highest BCUT2D eigenvalue weighted by Gasteiger charge is 2.37. The van der Waals surface area contributed by atoms with Gasteiger partial charge < -0.3 is 10.6 Å². The van der Waals surface area contributed by atoms with Gasteiger partial charge in [0.05, 0.1) is 12.2 Å². The van der Waals surface area contributed by atoms with E-state index in [1.807, 2.05) is 7.05 Å². The van der Waals surface area contributed by atoms with Crippen molar-refractivity contribution in [1.29, 1.82) is 0 Å². The van der Waals surface area contributed by atoms with Crippen molar-refractivity contribution in [2.24, 2.45) is 10.9 Å². The molecule has 0 radical (unpaired) electrons. The average Bonchev–Trinajstić information content (AvgIpc) is 3.28. The highest BCUT2D eigenvalue weighted by Crippen LogP contribution is 2.46. The monoisotopic (exact) mass is 328 g/mol. The molecule has 1 heterocycles. The summed E-state index contributed by atoms with van der Waals surface area (Å²) in [6.45, 7) is 5.86. The van der Waals surface area contributed by atoms with E-state index in [1.54, 1.807) is 11.3 Å². The van der Waals surface area contributed by atoms with Gasteiger partial charge in [-0.3, -0.25) is 4.99 Å². The fourth-order valence-electron chi connectivity index (χ4n) is 2.80. The summed E-state index contributed by atoms with van der Waals surface area (Å²) in [5, 5.41) is 7.90. The van der Waals surface area contributed by atoms with Gasteiger partial charge in [0, 0.05) is 18.5 Å². The van der Waals surface area contributed by atoms with Crippen molar-refractivity contribution in [2.75, 3.05) is 13.6 Å². The first-order valence-corrected chi connectivity index (χ1v) is 8.91. The normalized spacial score (nSPS) is 20.4. The fraction of sp³-hybridized carbons (Fsp3) is 0.444. The maximum atomic E-state index is 4.55. The molecule has 2 unspecified atom stereocenters. The topological polar surface area (TPSA) is 49.3 Å². The molecule has 0 saturated heterocycles. The molecule has 1 aromatic heterocycles. The molecule has 5 heteroatoms. The molecule has 1 aliphatic carbocycles. The Balaban J connectivity index is 1.44. The third kappa shape index (κ3) is 4.10.